The van der Waals surface area contributed by atoms with Crippen molar-refractivity contribution in [1.29, 1.82) is 0 Å². The van der Waals surface area contributed by atoms with Gasteiger partial charge >= 0.3 is 0 Å². The summed E-state index contributed by atoms with van der Waals surface area (Å²) in [6, 6.07) is 4.40. The molecule has 1 aromatic carbocycles. The maximum atomic E-state index is 13.5. The molecule has 2 N–H and O–H groups in total. The van der Waals surface area contributed by atoms with E-state index in [0.29, 0.717) is 44.1 Å². The van der Waals surface area contributed by atoms with Crippen LogP contribution < -0.4 is 10.6 Å². The van der Waals surface area contributed by atoms with Crippen LogP contribution in [0.5, 0.6) is 0 Å². The fraction of sp³-hybridized carbons (Fsp3) is 0.318. The van der Waals surface area contributed by atoms with Crippen molar-refractivity contribution in [3.8, 4) is 0 Å². The number of fused-ring (bicyclic) bond motifs is 3. The second-order valence-corrected chi connectivity index (χ2v) is 11.7. The summed E-state index contributed by atoms with van der Waals surface area (Å²) in [5.41, 5.74) is 1.72. The molecule has 1 aliphatic rings. The molecule has 3 aromatic rings. The molecule has 0 saturated carbocycles. The van der Waals surface area contributed by atoms with Crippen molar-refractivity contribution >= 4 is 60.4 Å². The van der Waals surface area contributed by atoms with Gasteiger partial charge in [0.1, 0.15) is 32.6 Å². The standard InChI is InChI=1S/C22H23ClFN5O3S2/c1-34(31,32)10-8-25-7-2-3-19(30)29-9-6-15-18(12-29)33-22-20(15)21(26-13-27-22)28-14-4-5-17(24)16(23)11-14/h2-5,11,13,25H,6-10,12H2,1H3,(H,26,27,28)/b3-2+. The second kappa shape index (κ2) is 10.3. The molecule has 4 rings (SSSR count). The largest absolute Gasteiger partial charge is 0.340 e. The number of carbonyl (C=O) groups is 1. The van der Waals surface area contributed by atoms with E-state index in [4.69, 9.17) is 11.6 Å². The van der Waals surface area contributed by atoms with Crippen molar-refractivity contribution in [3.63, 3.8) is 0 Å². The SMILES string of the molecule is CS(=O)(=O)CCNC/C=C/C(=O)N1CCc2c(sc3ncnc(Nc4ccc(F)c(Cl)c4)c23)C1. The molecular formula is C22H23ClFN5O3S2. The zero-order chi connectivity index (χ0) is 24.3. The number of halogens is 2. The summed E-state index contributed by atoms with van der Waals surface area (Å²) in [6.45, 7) is 1.79. The summed E-state index contributed by atoms with van der Waals surface area (Å²) < 4.78 is 35.8. The molecule has 1 aliphatic heterocycles. The number of carbonyl (C=O) groups excluding carboxylic acids is 1. The fourth-order valence-electron chi connectivity index (χ4n) is 3.63. The lowest BCUT2D eigenvalue weighted by Gasteiger charge is -2.26. The summed E-state index contributed by atoms with van der Waals surface area (Å²) in [6.07, 6.45) is 6.53. The third-order valence-corrected chi connectivity index (χ3v) is 7.66. The van der Waals surface area contributed by atoms with Crippen LogP contribution in [0.3, 0.4) is 0 Å². The van der Waals surface area contributed by atoms with Crippen molar-refractivity contribution in [3.05, 3.63) is 58.0 Å². The number of aromatic nitrogens is 2. The lowest BCUT2D eigenvalue weighted by Crippen LogP contribution is -2.34. The van der Waals surface area contributed by atoms with Crippen LogP contribution in [0.25, 0.3) is 10.2 Å². The highest BCUT2D eigenvalue weighted by molar-refractivity contribution is 7.90. The maximum absolute atomic E-state index is 13.5. The van der Waals surface area contributed by atoms with Gasteiger partial charge in [0.15, 0.2) is 0 Å². The van der Waals surface area contributed by atoms with Gasteiger partial charge in [-0.2, -0.15) is 0 Å². The van der Waals surface area contributed by atoms with Gasteiger partial charge in [0.05, 0.1) is 22.7 Å². The van der Waals surface area contributed by atoms with Crippen LogP contribution in [0.1, 0.15) is 10.4 Å². The van der Waals surface area contributed by atoms with Gasteiger partial charge in [-0.1, -0.05) is 17.7 Å². The molecule has 0 spiro atoms. The molecule has 2 aromatic heterocycles. The Bertz CT molecular complexity index is 1360. The molecule has 0 unspecified atom stereocenters. The first-order valence-electron chi connectivity index (χ1n) is 10.5. The summed E-state index contributed by atoms with van der Waals surface area (Å²) in [5.74, 6) is 0.0868. The van der Waals surface area contributed by atoms with Crippen LogP contribution in [0.2, 0.25) is 5.02 Å². The van der Waals surface area contributed by atoms with Crippen molar-refractivity contribution in [2.45, 2.75) is 13.0 Å². The van der Waals surface area contributed by atoms with Gasteiger partial charge in [0.25, 0.3) is 0 Å². The molecular weight excluding hydrogens is 501 g/mol. The Hall–Kier alpha value is -2.60. The van der Waals surface area contributed by atoms with Gasteiger partial charge in [-0.3, -0.25) is 4.79 Å². The Balaban J connectivity index is 1.44. The highest BCUT2D eigenvalue weighted by Crippen LogP contribution is 2.38. The molecule has 0 atom stereocenters. The van der Waals surface area contributed by atoms with E-state index in [9.17, 15) is 17.6 Å². The quantitative estimate of drug-likeness (QED) is 0.345. The number of amides is 1. The smallest absolute Gasteiger partial charge is 0.246 e. The monoisotopic (exact) mass is 523 g/mol. The molecule has 8 nitrogen and oxygen atoms in total. The van der Waals surface area contributed by atoms with E-state index < -0.39 is 15.7 Å². The zero-order valence-corrected chi connectivity index (χ0v) is 20.7. The molecule has 0 radical (unpaired) electrons. The van der Waals surface area contributed by atoms with Gasteiger partial charge in [-0.05, 0) is 30.2 Å². The first-order valence-corrected chi connectivity index (χ1v) is 13.8. The predicted molar refractivity (Wildman–Crippen MR) is 133 cm³/mol. The van der Waals surface area contributed by atoms with E-state index in [0.717, 1.165) is 20.7 Å². The average molecular weight is 524 g/mol. The second-order valence-electron chi connectivity index (χ2n) is 7.91. The number of anilines is 2. The minimum Gasteiger partial charge on any atom is -0.340 e. The summed E-state index contributed by atoms with van der Waals surface area (Å²) >= 11 is 7.42. The van der Waals surface area contributed by atoms with Gasteiger partial charge in [0, 0.05) is 42.5 Å². The third kappa shape index (κ3) is 5.90. The molecule has 0 bridgehead atoms. The van der Waals surface area contributed by atoms with E-state index >= 15 is 0 Å². The number of benzene rings is 1. The Morgan fingerprint density at radius 3 is 2.94 bits per heavy atom. The van der Waals surface area contributed by atoms with Gasteiger partial charge in [0.2, 0.25) is 5.91 Å². The van der Waals surface area contributed by atoms with Crippen LogP contribution in [0.15, 0.2) is 36.7 Å². The number of hydrogen-bond donors (Lipinski definition) is 2. The van der Waals surface area contributed by atoms with Crippen LogP contribution in [0.4, 0.5) is 15.9 Å². The molecule has 0 saturated heterocycles. The van der Waals surface area contributed by atoms with Gasteiger partial charge in [-0.15, -0.1) is 11.3 Å². The summed E-state index contributed by atoms with van der Waals surface area (Å²) in [7, 11) is -3.00. The van der Waals surface area contributed by atoms with Crippen LogP contribution in [-0.2, 0) is 27.6 Å². The van der Waals surface area contributed by atoms with E-state index in [-0.39, 0.29) is 16.7 Å². The average Bonchev–Trinajstić information content (AvgIpc) is 3.16. The minimum atomic E-state index is -3.00. The van der Waals surface area contributed by atoms with E-state index in [1.54, 1.807) is 17.0 Å². The van der Waals surface area contributed by atoms with E-state index in [2.05, 4.69) is 20.6 Å². The van der Waals surface area contributed by atoms with Crippen molar-refractivity contribution < 1.29 is 17.6 Å². The Kier molecular flexibility index (Phi) is 7.46. The fourth-order valence-corrected chi connectivity index (χ4v) is 5.53. The Morgan fingerprint density at radius 2 is 2.18 bits per heavy atom. The molecule has 1 amide bonds. The minimum absolute atomic E-state index is 0.0236. The molecule has 3 heterocycles. The van der Waals surface area contributed by atoms with E-state index in [1.165, 1.54) is 42.1 Å². The first-order chi connectivity index (χ1) is 16.2. The highest BCUT2D eigenvalue weighted by atomic mass is 35.5. The summed E-state index contributed by atoms with van der Waals surface area (Å²) in [4.78, 5) is 25.0. The highest BCUT2D eigenvalue weighted by Gasteiger charge is 2.25. The molecule has 34 heavy (non-hydrogen) atoms. The topological polar surface area (TPSA) is 104 Å². The van der Waals surface area contributed by atoms with Crippen LogP contribution >= 0.6 is 22.9 Å². The molecule has 0 fully saturated rings. The van der Waals surface area contributed by atoms with Crippen LogP contribution in [-0.4, -0.2) is 60.8 Å². The molecule has 0 aliphatic carbocycles. The van der Waals surface area contributed by atoms with Crippen LogP contribution in [0, 0.1) is 5.82 Å². The molecule has 180 valence electrons. The van der Waals surface area contributed by atoms with Crippen molar-refractivity contribution in [2.24, 2.45) is 0 Å². The number of sulfone groups is 1. The number of hydrogen-bond acceptors (Lipinski definition) is 8. The Labute approximate surface area is 205 Å². The first kappa shape index (κ1) is 24.5. The third-order valence-electron chi connectivity index (χ3n) is 5.30. The maximum Gasteiger partial charge on any atom is 0.246 e. The number of rotatable bonds is 8. The number of nitrogens with one attached hydrogen (secondary N) is 2. The lowest BCUT2D eigenvalue weighted by atomic mass is 10.0. The predicted octanol–water partition coefficient (Wildman–Crippen LogP) is 3.30. The van der Waals surface area contributed by atoms with E-state index in [1.807, 2.05) is 0 Å². The molecule has 12 heteroatoms. The van der Waals surface area contributed by atoms with Gasteiger partial charge in [-0.25, -0.2) is 22.8 Å². The van der Waals surface area contributed by atoms with Gasteiger partial charge < -0.3 is 15.5 Å². The lowest BCUT2D eigenvalue weighted by molar-refractivity contribution is -0.126. The normalized spacial score (nSPS) is 14.0. The number of thiophene rings is 1. The van der Waals surface area contributed by atoms with Crippen molar-refractivity contribution in [1.82, 2.24) is 20.2 Å². The zero-order valence-electron chi connectivity index (χ0n) is 18.3. The number of nitrogens with zero attached hydrogens (tertiary/aromatic N) is 3. The summed E-state index contributed by atoms with van der Waals surface area (Å²) in [5, 5.41) is 7.11. The Morgan fingerprint density at radius 1 is 1.35 bits per heavy atom. The van der Waals surface area contributed by atoms with Crippen molar-refractivity contribution in [2.75, 3.05) is 37.0 Å².